The molecule has 3 aromatic rings. The van der Waals surface area contributed by atoms with Gasteiger partial charge in [0, 0.05) is 21.7 Å². The van der Waals surface area contributed by atoms with Crippen molar-refractivity contribution in [2.24, 2.45) is 0 Å². The molecule has 0 aliphatic rings. The number of carbonyl (C=O) groups is 1. The fourth-order valence-electron chi connectivity index (χ4n) is 2.72. The molecule has 0 saturated carbocycles. The molecule has 1 amide bonds. The van der Waals surface area contributed by atoms with Gasteiger partial charge in [0.25, 0.3) is 0 Å². The van der Waals surface area contributed by atoms with Gasteiger partial charge in [0.2, 0.25) is 15.9 Å². The SMILES string of the molecule is O=C(CN(Cc1ccc(Cl)c(Cl)c1)S(=O)(=O)c1ccc(Cl)cc1)Nc1ccc(Br)cc1. The van der Waals surface area contributed by atoms with E-state index >= 15 is 0 Å². The summed E-state index contributed by atoms with van der Waals surface area (Å²) < 4.78 is 28.5. The van der Waals surface area contributed by atoms with Crippen LogP contribution in [0.3, 0.4) is 0 Å². The van der Waals surface area contributed by atoms with Gasteiger partial charge in [-0.05, 0) is 66.2 Å². The number of carbonyl (C=O) groups excluding carboxylic acids is 1. The van der Waals surface area contributed by atoms with Crippen LogP contribution in [0.25, 0.3) is 0 Å². The molecule has 0 aliphatic heterocycles. The van der Waals surface area contributed by atoms with Gasteiger partial charge >= 0.3 is 0 Å². The van der Waals surface area contributed by atoms with Gasteiger partial charge in [0.1, 0.15) is 0 Å². The zero-order valence-electron chi connectivity index (χ0n) is 15.9. The van der Waals surface area contributed by atoms with E-state index in [1.165, 1.54) is 24.3 Å². The minimum Gasteiger partial charge on any atom is -0.325 e. The third-order valence-electron chi connectivity index (χ3n) is 4.24. The third-order valence-corrected chi connectivity index (χ3v) is 7.57. The average Bonchev–Trinajstić information content (AvgIpc) is 2.72. The summed E-state index contributed by atoms with van der Waals surface area (Å²) in [6.07, 6.45) is 0. The first-order valence-corrected chi connectivity index (χ1v) is 12.3. The topological polar surface area (TPSA) is 66.5 Å². The van der Waals surface area contributed by atoms with Crippen molar-refractivity contribution in [2.75, 3.05) is 11.9 Å². The van der Waals surface area contributed by atoms with Crippen molar-refractivity contribution in [1.29, 1.82) is 0 Å². The van der Waals surface area contributed by atoms with Crippen LogP contribution in [0.15, 0.2) is 76.1 Å². The minimum absolute atomic E-state index is 0.0217. The molecule has 0 unspecified atom stereocenters. The van der Waals surface area contributed by atoms with Crippen LogP contribution in [0.5, 0.6) is 0 Å². The fourth-order valence-corrected chi connectivity index (χ4v) is 4.81. The Bertz CT molecular complexity index is 1190. The molecular weight excluding hydrogens is 547 g/mol. The lowest BCUT2D eigenvalue weighted by Gasteiger charge is -2.22. The molecule has 0 fully saturated rings. The van der Waals surface area contributed by atoms with Gasteiger partial charge in [0.15, 0.2) is 0 Å². The first kappa shape index (κ1) is 24.0. The van der Waals surface area contributed by atoms with Gasteiger partial charge < -0.3 is 5.32 Å². The number of hydrogen-bond acceptors (Lipinski definition) is 3. The first-order chi connectivity index (χ1) is 14.6. The Hall–Kier alpha value is -1.61. The van der Waals surface area contributed by atoms with Crippen LogP contribution >= 0.6 is 50.7 Å². The standard InChI is InChI=1S/C21H16BrCl3N2O3S/c22-15-2-6-17(7-3-15)26-21(28)13-27(12-14-1-10-19(24)20(25)11-14)31(29,30)18-8-4-16(23)5-9-18/h1-11H,12-13H2,(H,26,28). The predicted octanol–water partition coefficient (Wildman–Crippen LogP) is 6.24. The van der Waals surface area contributed by atoms with E-state index in [0.29, 0.717) is 26.3 Å². The van der Waals surface area contributed by atoms with E-state index in [4.69, 9.17) is 34.8 Å². The number of nitrogens with zero attached hydrogens (tertiary/aromatic N) is 1. The van der Waals surface area contributed by atoms with Gasteiger partial charge in [-0.25, -0.2) is 8.42 Å². The summed E-state index contributed by atoms with van der Waals surface area (Å²) in [7, 11) is -4.00. The molecule has 0 heterocycles. The first-order valence-electron chi connectivity index (χ1n) is 8.90. The van der Waals surface area contributed by atoms with Crippen molar-refractivity contribution < 1.29 is 13.2 Å². The van der Waals surface area contributed by atoms with Crippen molar-refractivity contribution in [2.45, 2.75) is 11.4 Å². The number of sulfonamides is 1. The number of nitrogens with one attached hydrogen (secondary N) is 1. The monoisotopic (exact) mass is 560 g/mol. The van der Waals surface area contributed by atoms with E-state index in [9.17, 15) is 13.2 Å². The summed E-state index contributed by atoms with van der Waals surface area (Å²) in [5.74, 6) is -0.486. The minimum atomic E-state index is -4.00. The Labute approximate surface area is 204 Å². The highest BCUT2D eigenvalue weighted by molar-refractivity contribution is 9.10. The maximum atomic E-state index is 13.3. The lowest BCUT2D eigenvalue weighted by atomic mass is 10.2. The molecule has 0 spiro atoms. The summed E-state index contributed by atoms with van der Waals surface area (Å²) in [6, 6.07) is 17.5. The second-order valence-electron chi connectivity index (χ2n) is 6.53. The molecule has 3 rings (SSSR count). The molecule has 0 aliphatic carbocycles. The smallest absolute Gasteiger partial charge is 0.243 e. The third kappa shape index (κ3) is 6.44. The number of rotatable bonds is 7. The molecule has 0 saturated heterocycles. The Morgan fingerprint density at radius 3 is 2.16 bits per heavy atom. The van der Waals surface area contributed by atoms with E-state index in [1.54, 1.807) is 42.5 Å². The quantitative estimate of drug-likeness (QED) is 0.371. The highest BCUT2D eigenvalue weighted by Crippen LogP contribution is 2.26. The van der Waals surface area contributed by atoms with Crippen LogP contribution in [-0.2, 0) is 21.4 Å². The van der Waals surface area contributed by atoms with E-state index in [0.717, 1.165) is 8.78 Å². The summed E-state index contributed by atoms with van der Waals surface area (Å²) in [6.45, 7) is -0.475. The van der Waals surface area contributed by atoms with Crippen LogP contribution in [0.2, 0.25) is 15.1 Å². The van der Waals surface area contributed by atoms with E-state index in [2.05, 4.69) is 21.2 Å². The molecule has 5 nitrogen and oxygen atoms in total. The van der Waals surface area contributed by atoms with Gasteiger partial charge in [-0.1, -0.05) is 56.8 Å². The number of hydrogen-bond donors (Lipinski definition) is 1. The van der Waals surface area contributed by atoms with Crippen LogP contribution < -0.4 is 5.32 Å². The zero-order chi connectivity index (χ0) is 22.6. The fraction of sp³-hybridized carbons (Fsp3) is 0.0952. The van der Waals surface area contributed by atoms with E-state index in [1.807, 2.05) is 0 Å². The van der Waals surface area contributed by atoms with Crippen LogP contribution in [0.1, 0.15) is 5.56 Å². The van der Waals surface area contributed by atoms with E-state index < -0.39 is 22.5 Å². The normalized spacial score (nSPS) is 11.5. The molecule has 31 heavy (non-hydrogen) atoms. The molecule has 10 heteroatoms. The summed E-state index contributed by atoms with van der Waals surface area (Å²) in [5, 5.41) is 3.76. The molecule has 0 aromatic heterocycles. The Kier molecular flexibility index (Phi) is 8.02. The van der Waals surface area contributed by atoms with Crippen LogP contribution in [0.4, 0.5) is 5.69 Å². The maximum absolute atomic E-state index is 13.3. The lowest BCUT2D eigenvalue weighted by Crippen LogP contribution is -2.37. The molecular formula is C21H16BrCl3N2O3S. The lowest BCUT2D eigenvalue weighted by molar-refractivity contribution is -0.116. The second-order valence-corrected chi connectivity index (χ2v) is 10.6. The van der Waals surface area contributed by atoms with Gasteiger partial charge in [-0.3, -0.25) is 4.79 Å². The Morgan fingerprint density at radius 1 is 0.903 bits per heavy atom. The maximum Gasteiger partial charge on any atom is 0.243 e. The molecule has 0 radical (unpaired) electrons. The van der Waals surface area contributed by atoms with E-state index in [-0.39, 0.29) is 11.4 Å². The zero-order valence-corrected chi connectivity index (χ0v) is 20.5. The van der Waals surface area contributed by atoms with Gasteiger partial charge in [-0.2, -0.15) is 4.31 Å². The highest BCUT2D eigenvalue weighted by Gasteiger charge is 2.27. The Morgan fingerprint density at radius 2 is 1.55 bits per heavy atom. The summed E-state index contributed by atoms with van der Waals surface area (Å²) in [4.78, 5) is 12.7. The number of benzene rings is 3. The molecule has 1 N–H and O–H groups in total. The van der Waals surface area contributed by atoms with Crippen LogP contribution in [-0.4, -0.2) is 25.2 Å². The average molecular weight is 563 g/mol. The number of halogens is 4. The Balaban J connectivity index is 1.88. The van der Waals surface area contributed by atoms with Crippen molar-refractivity contribution in [3.8, 4) is 0 Å². The van der Waals surface area contributed by atoms with Crippen LogP contribution in [0, 0.1) is 0 Å². The largest absolute Gasteiger partial charge is 0.325 e. The predicted molar refractivity (Wildman–Crippen MR) is 128 cm³/mol. The highest BCUT2D eigenvalue weighted by atomic mass is 79.9. The van der Waals surface area contributed by atoms with Gasteiger partial charge in [-0.15, -0.1) is 0 Å². The van der Waals surface area contributed by atoms with Crippen molar-refractivity contribution >= 4 is 72.4 Å². The summed E-state index contributed by atoms with van der Waals surface area (Å²) in [5.41, 5.74) is 1.13. The summed E-state index contributed by atoms with van der Waals surface area (Å²) >= 11 is 21.2. The molecule has 162 valence electrons. The molecule has 0 bridgehead atoms. The van der Waals surface area contributed by atoms with Crippen molar-refractivity contribution in [3.63, 3.8) is 0 Å². The number of anilines is 1. The van der Waals surface area contributed by atoms with Gasteiger partial charge in [0.05, 0.1) is 21.5 Å². The second kappa shape index (κ2) is 10.3. The molecule has 3 aromatic carbocycles. The molecule has 0 atom stereocenters. The van der Waals surface area contributed by atoms with Crippen molar-refractivity contribution in [1.82, 2.24) is 4.31 Å². The number of amides is 1. The van der Waals surface area contributed by atoms with Crippen molar-refractivity contribution in [3.05, 3.63) is 91.8 Å².